The van der Waals surface area contributed by atoms with E-state index in [0.717, 1.165) is 0 Å². The van der Waals surface area contributed by atoms with Crippen LogP contribution in [0.15, 0.2) is 0 Å². The smallest absolute Gasteiger partial charge is 0.0311 e. The summed E-state index contributed by atoms with van der Waals surface area (Å²) in [5.74, 6) is 0. The molecule has 7 heteroatoms. The van der Waals surface area contributed by atoms with Crippen molar-refractivity contribution < 1.29 is 58.6 Å². The van der Waals surface area contributed by atoms with Crippen LogP contribution in [0, 0.1) is 0 Å². The van der Waals surface area contributed by atoms with Crippen LogP contribution in [0.2, 0.25) is 0 Å². The molecule has 0 saturated heterocycles. The largest absolute Gasteiger partial charge is 1.00 e. The molecule has 7 heavy (non-hydrogen) atoms. The molecule has 0 N–H and O–H groups in total. The molecule has 0 aromatic rings. The Morgan fingerprint density at radius 3 is 1.14 bits per heavy atom. The summed E-state index contributed by atoms with van der Waals surface area (Å²) in [5.41, 5.74) is 0. The Morgan fingerprint density at radius 2 is 1.14 bits per heavy atom. The van der Waals surface area contributed by atoms with Gasteiger partial charge in [-0.15, -0.1) is 0 Å². The first kappa shape index (κ1) is 15.7. The van der Waals surface area contributed by atoms with E-state index >= 15 is 0 Å². The Hall–Kier alpha value is 1.12. The number of rotatable bonds is 0. The Kier molecular flexibility index (Phi) is 11.8. The van der Waals surface area contributed by atoms with E-state index in [1.807, 2.05) is 0 Å². The molecule has 0 rings (SSSR count). The molecule has 0 spiro atoms. The monoisotopic (exact) mass is 286 g/mol. The van der Waals surface area contributed by atoms with Crippen molar-refractivity contribution in [1.29, 1.82) is 0 Å². The molecule has 0 amide bonds. The summed E-state index contributed by atoms with van der Waals surface area (Å²) in [5, 5.41) is 0. The molecule has 0 aromatic heterocycles. The molecule has 0 aliphatic carbocycles. The first-order valence-electron chi connectivity index (χ1n) is 0.667. The summed E-state index contributed by atoms with van der Waals surface area (Å²) >= 11 is 0. The topological polar surface area (TPSA) is 80.3 Å². The zero-order valence-electron chi connectivity index (χ0n) is 2.72. The van der Waals surface area contributed by atoms with E-state index in [4.69, 9.17) is 17.5 Å². The minimum absolute atomic E-state index is 0. The number of halogens is 1. The van der Waals surface area contributed by atoms with Gasteiger partial charge < -0.3 is 33.1 Å². The minimum atomic E-state index is -5.17. The maximum Gasteiger partial charge on any atom is 0.0311 e. The Bertz CT molecular complexity index is 94.9. The van der Waals surface area contributed by atoms with Gasteiger partial charge in [0.2, 0.25) is 0 Å². The van der Waals surface area contributed by atoms with E-state index in [1.165, 1.54) is 0 Å². The second-order valence-electron chi connectivity index (χ2n) is 0.408. The van der Waals surface area contributed by atoms with Gasteiger partial charge in [0.15, 0.2) is 0 Å². The maximum atomic E-state index is 8.52. The van der Waals surface area contributed by atoms with E-state index in [2.05, 4.69) is 0 Å². The second kappa shape index (κ2) is 5.26. The van der Waals surface area contributed by atoms with Gasteiger partial charge in [0.25, 0.3) is 0 Å². The molecule has 0 fully saturated rings. The van der Waals surface area contributed by atoms with Crippen LogP contribution in [-0.4, -0.2) is 17.5 Å². The second-order valence-corrected chi connectivity index (χ2v) is 1.22. The molecule has 0 heterocycles. The van der Waals surface area contributed by atoms with Crippen molar-refractivity contribution in [3.8, 4) is 0 Å². The Labute approximate surface area is 68.7 Å². The van der Waals surface area contributed by atoms with Crippen LogP contribution in [0.1, 0.15) is 0 Å². The molecular weight excluding hydrogens is 287 g/mol. The van der Waals surface area contributed by atoms with Crippen molar-refractivity contribution in [2.45, 2.75) is 0 Å². The quantitative estimate of drug-likeness (QED) is 0.195. The standard InChI is InChI=1S/Cu.HI.H2O4S/c;;1-5(2,3)4/h;1H;(H2,1,2,3,4)/p-3. The predicted octanol–water partition coefficient (Wildman–Crippen LogP) is -4.34. The molecule has 0 saturated carbocycles. The van der Waals surface area contributed by atoms with Gasteiger partial charge in [-0.05, 0) is 0 Å². The SMILES string of the molecule is O=S(=O)([O-])[O-].[Cu].[I-]. The average molecular weight is 287 g/mol. The van der Waals surface area contributed by atoms with Gasteiger partial charge in [-0.2, -0.15) is 0 Å². The number of hydrogen-bond acceptors (Lipinski definition) is 4. The van der Waals surface area contributed by atoms with Gasteiger partial charge in [-0.25, -0.2) is 0 Å². The molecule has 0 aromatic carbocycles. The van der Waals surface area contributed by atoms with Gasteiger partial charge in [0.1, 0.15) is 0 Å². The summed E-state index contributed by atoms with van der Waals surface area (Å²) in [4.78, 5) is 0. The molecule has 4 nitrogen and oxygen atoms in total. The molecule has 1 radical (unpaired) electrons. The van der Waals surface area contributed by atoms with Crippen molar-refractivity contribution in [3.05, 3.63) is 0 Å². The Balaban J connectivity index is -0.0000000800. The molecular formula is CuIO4S-3. The first-order valence-corrected chi connectivity index (χ1v) is 2.00. The first-order chi connectivity index (χ1) is 2.00. The van der Waals surface area contributed by atoms with Gasteiger partial charge in [0.05, 0.1) is 0 Å². The van der Waals surface area contributed by atoms with E-state index in [9.17, 15) is 0 Å². The van der Waals surface area contributed by atoms with E-state index in [0.29, 0.717) is 0 Å². The maximum absolute atomic E-state index is 8.52. The van der Waals surface area contributed by atoms with Gasteiger partial charge >= 0.3 is 0 Å². The molecule has 0 unspecified atom stereocenters. The predicted molar refractivity (Wildman–Crippen MR) is 10.5 cm³/mol. The van der Waals surface area contributed by atoms with Crippen LogP contribution in [0.4, 0.5) is 0 Å². The van der Waals surface area contributed by atoms with Gasteiger partial charge in [0, 0.05) is 27.5 Å². The average Bonchev–Trinajstić information content (AvgIpc) is 0.722. The molecule has 0 aliphatic rings. The summed E-state index contributed by atoms with van der Waals surface area (Å²) in [7, 11) is -5.17. The van der Waals surface area contributed by atoms with Crippen LogP contribution in [0.25, 0.3) is 0 Å². The summed E-state index contributed by atoms with van der Waals surface area (Å²) in [6, 6.07) is 0. The fourth-order valence-electron chi connectivity index (χ4n) is 0. The molecule has 0 bridgehead atoms. The normalized spacial score (nSPS) is 8.29. The van der Waals surface area contributed by atoms with Crippen LogP contribution < -0.4 is 24.0 Å². The van der Waals surface area contributed by atoms with Crippen LogP contribution >= 0.6 is 0 Å². The molecule has 51 valence electrons. The summed E-state index contributed by atoms with van der Waals surface area (Å²) < 4.78 is 34.1. The van der Waals surface area contributed by atoms with E-state index < -0.39 is 10.4 Å². The van der Waals surface area contributed by atoms with Crippen molar-refractivity contribution in [1.82, 2.24) is 0 Å². The summed E-state index contributed by atoms with van der Waals surface area (Å²) in [6.07, 6.45) is 0. The third-order valence-electron chi connectivity index (χ3n) is 0. The Morgan fingerprint density at radius 1 is 1.14 bits per heavy atom. The van der Waals surface area contributed by atoms with Crippen molar-refractivity contribution in [2.75, 3.05) is 0 Å². The van der Waals surface area contributed by atoms with Crippen molar-refractivity contribution in [3.63, 3.8) is 0 Å². The fourth-order valence-corrected chi connectivity index (χ4v) is 0. The van der Waals surface area contributed by atoms with E-state index in [-0.39, 0.29) is 41.0 Å². The van der Waals surface area contributed by atoms with Crippen molar-refractivity contribution >= 4 is 10.4 Å². The minimum Gasteiger partial charge on any atom is -1.00 e. The molecule has 0 atom stereocenters. The third kappa shape index (κ3) is 149. The van der Waals surface area contributed by atoms with Crippen LogP contribution in [0.5, 0.6) is 0 Å². The fraction of sp³-hybridized carbons (Fsp3) is 0. The summed E-state index contributed by atoms with van der Waals surface area (Å²) in [6.45, 7) is 0. The zero-order valence-corrected chi connectivity index (χ0v) is 6.64. The van der Waals surface area contributed by atoms with Crippen LogP contribution in [0.3, 0.4) is 0 Å². The van der Waals surface area contributed by atoms with Gasteiger partial charge in [-0.3, -0.25) is 8.42 Å². The molecule has 0 aliphatic heterocycles. The van der Waals surface area contributed by atoms with Gasteiger partial charge in [-0.1, -0.05) is 0 Å². The van der Waals surface area contributed by atoms with E-state index in [1.54, 1.807) is 0 Å². The van der Waals surface area contributed by atoms with Crippen molar-refractivity contribution in [2.24, 2.45) is 0 Å². The third-order valence-corrected chi connectivity index (χ3v) is 0. The zero-order chi connectivity index (χ0) is 4.50. The van der Waals surface area contributed by atoms with Crippen LogP contribution in [-0.2, 0) is 27.5 Å². The number of hydrogen-bond donors (Lipinski definition) is 0.